The number of sulfonamides is 1. The largest absolute Gasteiger partial charge is 0.493 e. The summed E-state index contributed by atoms with van der Waals surface area (Å²) in [7, 11) is 0.336. The van der Waals surface area contributed by atoms with Crippen molar-refractivity contribution >= 4 is 15.9 Å². The Balaban J connectivity index is 1.62. The lowest BCUT2D eigenvalue weighted by molar-refractivity contribution is -0.121. The highest BCUT2D eigenvalue weighted by atomic mass is 32.2. The van der Waals surface area contributed by atoms with Crippen LogP contribution in [0.4, 0.5) is 0 Å². The van der Waals surface area contributed by atoms with Crippen molar-refractivity contribution in [1.82, 2.24) is 9.62 Å². The first-order chi connectivity index (χ1) is 13.8. The predicted molar refractivity (Wildman–Crippen MR) is 104 cm³/mol. The average Bonchev–Trinajstić information content (AvgIpc) is 3.19. The molecule has 9 nitrogen and oxygen atoms in total. The Morgan fingerprint density at radius 3 is 2.52 bits per heavy atom. The van der Waals surface area contributed by atoms with Crippen LogP contribution in [0.3, 0.4) is 0 Å². The first kappa shape index (κ1) is 20.7. The van der Waals surface area contributed by atoms with Crippen molar-refractivity contribution in [2.24, 2.45) is 0 Å². The van der Waals surface area contributed by atoms with Gasteiger partial charge in [-0.2, -0.15) is 4.31 Å². The highest BCUT2D eigenvalue weighted by Crippen LogP contribution is 2.32. The smallest absolute Gasteiger partial charge is 0.243 e. The fourth-order valence-corrected chi connectivity index (χ4v) is 3.89. The van der Waals surface area contributed by atoms with Crippen molar-refractivity contribution in [3.8, 4) is 23.0 Å². The zero-order chi connectivity index (χ0) is 21.0. The summed E-state index contributed by atoms with van der Waals surface area (Å²) in [5.41, 5.74) is 0.813. The molecule has 29 heavy (non-hydrogen) atoms. The highest BCUT2D eigenvalue weighted by molar-refractivity contribution is 7.89. The second-order valence-corrected chi connectivity index (χ2v) is 8.29. The molecule has 156 valence electrons. The van der Waals surface area contributed by atoms with E-state index in [4.69, 9.17) is 18.9 Å². The molecule has 0 saturated carbocycles. The maximum absolute atomic E-state index is 12.8. The number of hydrogen-bond donors (Lipinski definition) is 1. The fraction of sp³-hybridized carbons (Fsp3) is 0.316. The van der Waals surface area contributed by atoms with E-state index in [1.807, 2.05) is 0 Å². The molecule has 0 atom stereocenters. The maximum atomic E-state index is 12.8. The molecule has 1 heterocycles. The summed E-state index contributed by atoms with van der Waals surface area (Å²) in [6, 6.07) is 9.59. The normalized spacial score (nSPS) is 12.7. The van der Waals surface area contributed by atoms with Crippen LogP contribution < -0.4 is 24.3 Å². The third-order valence-corrected chi connectivity index (χ3v) is 6.16. The number of benzene rings is 2. The van der Waals surface area contributed by atoms with Gasteiger partial charge in [0.15, 0.2) is 23.0 Å². The quantitative estimate of drug-likeness (QED) is 0.685. The predicted octanol–water partition coefficient (Wildman–Crippen LogP) is 1.37. The van der Waals surface area contributed by atoms with E-state index >= 15 is 0 Å². The molecule has 0 spiro atoms. The summed E-state index contributed by atoms with van der Waals surface area (Å²) in [4.78, 5) is 12.2. The molecule has 0 fully saturated rings. The SMILES string of the molecule is COc1ccc(S(=O)(=O)N(C)CC(=O)NCc2ccc3c(c2)OCO3)cc1OC. The van der Waals surface area contributed by atoms with E-state index < -0.39 is 15.9 Å². The Bertz CT molecular complexity index is 1010. The standard InChI is InChI=1S/C19H22N2O7S/c1-21(29(23,24)14-5-7-15(25-2)17(9-14)26-3)11-19(22)20-10-13-4-6-16-18(8-13)28-12-27-16/h4-9H,10-12H2,1-3H3,(H,20,22). The molecule has 0 saturated heterocycles. The topological polar surface area (TPSA) is 103 Å². The van der Waals surface area contributed by atoms with Gasteiger partial charge >= 0.3 is 0 Å². The fourth-order valence-electron chi connectivity index (χ4n) is 2.75. The molecule has 0 radical (unpaired) electrons. The Labute approximate surface area is 169 Å². The first-order valence-corrected chi connectivity index (χ1v) is 10.1. The molecule has 1 aliphatic heterocycles. The van der Waals surface area contributed by atoms with Crippen molar-refractivity contribution in [2.45, 2.75) is 11.4 Å². The van der Waals surface area contributed by atoms with Gasteiger partial charge in [-0.15, -0.1) is 0 Å². The number of carbonyl (C=O) groups excluding carboxylic acids is 1. The van der Waals surface area contributed by atoms with E-state index in [-0.39, 0.29) is 30.5 Å². The van der Waals surface area contributed by atoms with Crippen LogP contribution in [-0.2, 0) is 21.4 Å². The maximum Gasteiger partial charge on any atom is 0.243 e. The molecule has 1 amide bonds. The molecule has 2 aromatic rings. The van der Waals surface area contributed by atoms with Gasteiger partial charge in [0.2, 0.25) is 22.7 Å². The minimum absolute atomic E-state index is 0.00113. The van der Waals surface area contributed by atoms with Crippen molar-refractivity contribution in [3.05, 3.63) is 42.0 Å². The molecule has 2 aromatic carbocycles. The molecule has 10 heteroatoms. The highest BCUT2D eigenvalue weighted by Gasteiger charge is 2.24. The van der Waals surface area contributed by atoms with Crippen molar-refractivity contribution in [2.75, 3.05) is 34.6 Å². The number of ether oxygens (including phenoxy) is 4. The first-order valence-electron chi connectivity index (χ1n) is 8.68. The van der Waals surface area contributed by atoms with Crippen LogP contribution in [0.5, 0.6) is 23.0 Å². The Morgan fingerprint density at radius 2 is 1.79 bits per heavy atom. The van der Waals surface area contributed by atoms with Gasteiger partial charge in [0.25, 0.3) is 0 Å². The summed E-state index contributed by atoms with van der Waals surface area (Å²) in [5, 5.41) is 2.70. The van der Waals surface area contributed by atoms with Gasteiger partial charge in [-0.25, -0.2) is 8.42 Å². The zero-order valence-electron chi connectivity index (χ0n) is 16.3. The minimum Gasteiger partial charge on any atom is -0.493 e. The van der Waals surface area contributed by atoms with E-state index in [1.54, 1.807) is 18.2 Å². The van der Waals surface area contributed by atoms with Gasteiger partial charge in [0.05, 0.1) is 25.7 Å². The minimum atomic E-state index is -3.88. The van der Waals surface area contributed by atoms with Gasteiger partial charge in [-0.05, 0) is 29.8 Å². The summed E-state index contributed by atoms with van der Waals surface area (Å²) < 4.78 is 47.3. The van der Waals surface area contributed by atoms with Crippen LogP contribution in [0.2, 0.25) is 0 Å². The second-order valence-electron chi connectivity index (χ2n) is 6.24. The summed E-state index contributed by atoms with van der Waals surface area (Å²) in [6.07, 6.45) is 0. The molecule has 0 unspecified atom stereocenters. The van der Waals surface area contributed by atoms with Gasteiger partial charge in [-0.1, -0.05) is 6.07 Å². The number of methoxy groups -OCH3 is 2. The average molecular weight is 422 g/mol. The Morgan fingerprint density at radius 1 is 1.07 bits per heavy atom. The van der Waals surface area contributed by atoms with Crippen molar-refractivity contribution in [3.63, 3.8) is 0 Å². The van der Waals surface area contributed by atoms with Crippen LogP contribution in [0, 0.1) is 0 Å². The van der Waals surface area contributed by atoms with Gasteiger partial charge < -0.3 is 24.3 Å². The van der Waals surface area contributed by atoms with Crippen LogP contribution in [-0.4, -0.2) is 53.2 Å². The summed E-state index contributed by atoms with van der Waals surface area (Å²) in [6.45, 7) is 0.0743. The third-order valence-electron chi connectivity index (χ3n) is 4.36. The molecule has 3 rings (SSSR count). The van der Waals surface area contributed by atoms with E-state index in [0.717, 1.165) is 9.87 Å². The third kappa shape index (κ3) is 4.54. The summed E-state index contributed by atoms with van der Waals surface area (Å²) >= 11 is 0. The second kappa shape index (κ2) is 8.58. The van der Waals surface area contributed by atoms with E-state index in [1.165, 1.54) is 39.5 Å². The van der Waals surface area contributed by atoms with Crippen LogP contribution in [0.15, 0.2) is 41.3 Å². The van der Waals surface area contributed by atoms with Gasteiger partial charge in [0, 0.05) is 19.7 Å². The van der Waals surface area contributed by atoms with E-state index in [0.29, 0.717) is 17.2 Å². The van der Waals surface area contributed by atoms with Crippen molar-refractivity contribution in [1.29, 1.82) is 0 Å². The van der Waals surface area contributed by atoms with Crippen LogP contribution in [0.25, 0.3) is 0 Å². The van der Waals surface area contributed by atoms with Gasteiger partial charge in [-0.3, -0.25) is 4.79 Å². The van der Waals surface area contributed by atoms with Gasteiger partial charge in [0.1, 0.15) is 0 Å². The molecule has 1 N–H and O–H groups in total. The molecular weight excluding hydrogens is 400 g/mol. The Kier molecular flexibility index (Phi) is 6.14. The lowest BCUT2D eigenvalue weighted by Gasteiger charge is -2.18. The van der Waals surface area contributed by atoms with Crippen LogP contribution >= 0.6 is 0 Å². The lowest BCUT2D eigenvalue weighted by atomic mass is 10.2. The molecule has 0 aliphatic carbocycles. The van der Waals surface area contributed by atoms with Crippen LogP contribution in [0.1, 0.15) is 5.56 Å². The number of fused-ring (bicyclic) bond motifs is 1. The molecule has 1 aliphatic rings. The monoisotopic (exact) mass is 422 g/mol. The number of nitrogens with one attached hydrogen (secondary N) is 1. The Hall–Kier alpha value is -2.98. The number of hydrogen-bond acceptors (Lipinski definition) is 7. The number of nitrogens with zero attached hydrogens (tertiary/aromatic N) is 1. The molecule has 0 aromatic heterocycles. The molecule has 0 bridgehead atoms. The van der Waals surface area contributed by atoms with E-state index in [9.17, 15) is 13.2 Å². The zero-order valence-corrected chi connectivity index (χ0v) is 17.1. The number of carbonyl (C=O) groups is 1. The lowest BCUT2D eigenvalue weighted by Crippen LogP contribution is -2.38. The number of rotatable bonds is 8. The van der Waals surface area contributed by atoms with E-state index in [2.05, 4.69) is 5.32 Å². The number of amides is 1. The molecular formula is C19H22N2O7S. The van der Waals surface area contributed by atoms with Crippen molar-refractivity contribution < 1.29 is 32.2 Å². The number of likely N-dealkylation sites (N-methyl/N-ethyl adjacent to an activating group) is 1. The summed E-state index contributed by atoms with van der Waals surface area (Å²) in [5.74, 6) is 1.53.